The molecule has 152 valence electrons. The number of alkyl halides is 3. The summed E-state index contributed by atoms with van der Waals surface area (Å²) in [6, 6.07) is 8.33. The van der Waals surface area contributed by atoms with Crippen molar-refractivity contribution in [3.63, 3.8) is 0 Å². The number of benzene rings is 2. The summed E-state index contributed by atoms with van der Waals surface area (Å²) in [5.74, 6) is -3.30. The van der Waals surface area contributed by atoms with E-state index in [9.17, 15) is 22.4 Å². The number of aromatic nitrogens is 1. The maximum absolute atomic E-state index is 13.6. The van der Waals surface area contributed by atoms with Gasteiger partial charge < -0.3 is 5.73 Å². The number of nitrogens with two attached hydrogens (primary N) is 1. The third-order valence-electron chi connectivity index (χ3n) is 4.36. The lowest BCUT2D eigenvalue weighted by atomic mass is 9.97. The summed E-state index contributed by atoms with van der Waals surface area (Å²) in [6.45, 7) is -0.165. The van der Waals surface area contributed by atoms with Crippen LogP contribution >= 0.6 is 23.2 Å². The van der Waals surface area contributed by atoms with Gasteiger partial charge in [0.1, 0.15) is 0 Å². The molecule has 9 heteroatoms. The van der Waals surface area contributed by atoms with E-state index in [1.807, 2.05) is 0 Å². The van der Waals surface area contributed by atoms with Crippen molar-refractivity contribution >= 4 is 46.1 Å². The molecule has 0 fully saturated rings. The minimum atomic E-state index is -4.64. The predicted molar refractivity (Wildman–Crippen MR) is 106 cm³/mol. The van der Waals surface area contributed by atoms with Crippen LogP contribution in [0.4, 0.5) is 17.6 Å². The molecule has 0 saturated heterocycles. The molecule has 1 aromatic heterocycles. The van der Waals surface area contributed by atoms with Crippen molar-refractivity contribution in [2.24, 2.45) is 5.73 Å². The van der Waals surface area contributed by atoms with Crippen LogP contribution in [-0.2, 0) is 0 Å². The second kappa shape index (κ2) is 8.18. The number of halogens is 6. The molecular formula is C20H14Cl2F4N2O. The summed E-state index contributed by atoms with van der Waals surface area (Å²) in [4.78, 5) is 11.8. The minimum Gasteiger partial charge on any atom is -0.322 e. The second-order valence-electron chi connectivity index (χ2n) is 6.28. The average molecular weight is 445 g/mol. The first-order valence-electron chi connectivity index (χ1n) is 8.35. The highest BCUT2D eigenvalue weighted by atomic mass is 35.5. The molecule has 0 aliphatic rings. The molecule has 0 amide bonds. The Bertz CT molecular complexity index is 1080. The number of rotatable bonds is 4. The van der Waals surface area contributed by atoms with Crippen molar-refractivity contribution in [2.75, 3.05) is 6.54 Å². The molecule has 1 atom stereocenters. The van der Waals surface area contributed by atoms with Gasteiger partial charge in [-0.1, -0.05) is 41.4 Å². The number of fused-ring (bicyclic) bond motifs is 1. The molecular weight excluding hydrogens is 431 g/mol. The number of carbonyl (C=O) groups excluding carboxylic acids is 1. The smallest absolute Gasteiger partial charge is 0.322 e. The largest absolute Gasteiger partial charge is 0.399 e. The van der Waals surface area contributed by atoms with Crippen molar-refractivity contribution in [1.82, 2.24) is 4.57 Å². The summed E-state index contributed by atoms with van der Waals surface area (Å²) in [6.07, 6.45) is -0.843. The zero-order chi connectivity index (χ0) is 21.3. The van der Waals surface area contributed by atoms with E-state index in [1.165, 1.54) is 10.6 Å². The molecule has 1 heterocycles. The van der Waals surface area contributed by atoms with Gasteiger partial charge in [0, 0.05) is 11.6 Å². The van der Waals surface area contributed by atoms with E-state index in [1.54, 1.807) is 30.5 Å². The Morgan fingerprint density at radius 1 is 1.14 bits per heavy atom. The standard InChI is InChI=1S/C20H14Cl2F4N2O/c21-15-8-13(9-16(22)19(15)23)14(20(24,25)26)3-1-11-2-4-17-12(7-11)5-6-28(17)18(29)10-27/h1-9,14H,10,27H2/t14-/m1/s1. The molecule has 0 bridgehead atoms. The Hall–Kier alpha value is -2.35. The molecule has 3 rings (SSSR count). The molecule has 0 saturated carbocycles. The van der Waals surface area contributed by atoms with Crippen molar-refractivity contribution < 1.29 is 22.4 Å². The molecule has 29 heavy (non-hydrogen) atoms. The Kier molecular flexibility index (Phi) is 6.03. The summed E-state index contributed by atoms with van der Waals surface area (Å²) >= 11 is 11.3. The fourth-order valence-electron chi connectivity index (χ4n) is 2.95. The van der Waals surface area contributed by atoms with Crippen LogP contribution in [0, 0.1) is 5.82 Å². The van der Waals surface area contributed by atoms with Gasteiger partial charge in [-0.3, -0.25) is 9.36 Å². The van der Waals surface area contributed by atoms with Crippen LogP contribution in [0.15, 0.2) is 48.7 Å². The lowest BCUT2D eigenvalue weighted by Crippen LogP contribution is -2.19. The number of hydrogen-bond acceptors (Lipinski definition) is 2. The second-order valence-corrected chi connectivity index (χ2v) is 7.09. The van der Waals surface area contributed by atoms with Crippen molar-refractivity contribution in [2.45, 2.75) is 12.1 Å². The minimum absolute atomic E-state index is 0.165. The van der Waals surface area contributed by atoms with Crippen LogP contribution < -0.4 is 5.73 Å². The van der Waals surface area contributed by atoms with E-state index in [0.29, 0.717) is 16.5 Å². The Labute approximate surface area is 173 Å². The number of nitrogens with zero attached hydrogens (tertiary/aromatic N) is 1. The fourth-order valence-corrected chi connectivity index (χ4v) is 3.46. The van der Waals surface area contributed by atoms with Crippen molar-refractivity contribution in [3.05, 3.63) is 75.7 Å². The highest BCUT2D eigenvalue weighted by Gasteiger charge is 2.39. The highest BCUT2D eigenvalue weighted by Crippen LogP contribution is 2.39. The van der Waals surface area contributed by atoms with E-state index >= 15 is 0 Å². The van der Waals surface area contributed by atoms with E-state index in [0.717, 1.165) is 18.2 Å². The predicted octanol–water partition coefficient (Wildman–Crippen LogP) is 6.05. The molecule has 0 radical (unpaired) electrons. The van der Waals surface area contributed by atoms with Crippen LogP contribution in [0.1, 0.15) is 21.8 Å². The third kappa shape index (κ3) is 4.47. The van der Waals surface area contributed by atoms with Crippen LogP contribution in [0.3, 0.4) is 0 Å². The fraction of sp³-hybridized carbons (Fsp3) is 0.150. The zero-order valence-electron chi connectivity index (χ0n) is 14.7. The molecule has 3 nitrogen and oxygen atoms in total. The van der Waals surface area contributed by atoms with Gasteiger partial charge in [0.25, 0.3) is 0 Å². The molecule has 2 N–H and O–H groups in total. The maximum Gasteiger partial charge on any atom is 0.399 e. The van der Waals surface area contributed by atoms with Gasteiger partial charge in [0.15, 0.2) is 5.82 Å². The topological polar surface area (TPSA) is 48.0 Å². The van der Waals surface area contributed by atoms with Gasteiger partial charge in [-0.2, -0.15) is 13.2 Å². The van der Waals surface area contributed by atoms with E-state index in [4.69, 9.17) is 28.9 Å². The van der Waals surface area contributed by atoms with Crippen LogP contribution in [0.25, 0.3) is 17.0 Å². The number of allylic oxidation sites excluding steroid dienone is 1. The van der Waals surface area contributed by atoms with Gasteiger partial charge in [-0.15, -0.1) is 0 Å². The van der Waals surface area contributed by atoms with Crippen molar-refractivity contribution in [1.29, 1.82) is 0 Å². The monoisotopic (exact) mass is 444 g/mol. The molecule has 0 aliphatic heterocycles. The first-order valence-corrected chi connectivity index (χ1v) is 9.11. The quantitative estimate of drug-likeness (QED) is 0.393. The molecule has 0 spiro atoms. The lowest BCUT2D eigenvalue weighted by Gasteiger charge is -2.18. The first kappa shape index (κ1) is 21.4. The molecule has 0 aliphatic carbocycles. The van der Waals surface area contributed by atoms with Gasteiger partial charge in [-0.25, -0.2) is 4.39 Å². The van der Waals surface area contributed by atoms with Gasteiger partial charge in [0.05, 0.1) is 28.0 Å². The van der Waals surface area contributed by atoms with Crippen LogP contribution in [-0.4, -0.2) is 23.2 Å². The highest BCUT2D eigenvalue weighted by molar-refractivity contribution is 6.35. The normalized spacial score (nSPS) is 13.3. The van der Waals surface area contributed by atoms with Gasteiger partial charge >= 0.3 is 6.18 Å². The van der Waals surface area contributed by atoms with E-state index in [2.05, 4.69) is 0 Å². The average Bonchev–Trinajstić information content (AvgIpc) is 3.07. The maximum atomic E-state index is 13.6. The summed E-state index contributed by atoms with van der Waals surface area (Å²) < 4.78 is 55.7. The summed E-state index contributed by atoms with van der Waals surface area (Å²) in [5, 5.41) is -0.296. The van der Waals surface area contributed by atoms with Gasteiger partial charge in [0.2, 0.25) is 5.91 Å². The molecule has 2 aromatic carbocycles. The van der Waals surface area contributed by atoms with Crippen LogP contribution in [0.5, 0.6) is 0 Å². The van der Waals surface area contributed by atoms with Crippen molar-refractivity contribution in [3.8, 4) is 0 Å². The van der Waals surface area contributed by atoms with E-state index in [-0.39, 0.29) is 18.0 Å². The summed E-state index contributed by atoms with van der Waals surface area (Å²) in [5.41, 5.74) is 6.18. The lowest BCUT2D eigenvalue weighted by molar-refractivity contribution is -0.139. The Balaban J connectivity index is 1.97. The van der Waals surface area contributed by atoms with Gasteiger partial charge in [-0.05, 0) is 41.5 Å². The SMILES string of the molecule is NCC(=O)n1ccc2cc(C=C[C@H](c3cc(Cl)c(F)c(Cl)c3)C(F)(F)F)ccc21. The summed E-state index contributed by atoms with van der Waals surface area (Å²) in [7, 11) is 0. The Morgan fingerprint density at radius 2 is 1.79 bits per heavy atom. The molecule has 3 aromatic rings. The van der Waals surface area contributed by atoms with E-state index < -0.39 is 28.0 Å². The number of carbonyl (C=O) groups is 1. The third-order valence-corrected chi connectivity index (χ3v) is 4.91. The number of hydrogen-bond donors (Lipinski definition) is 1. The zero-order valence-corrected chi connectivity index (χ0v) is 16.2. The first-order chi connectivity index (χ1) is 13.6. The van der Waals surface area contributed by atoms with Crippen LogP contribution in [0.2, 0.25) is 10.0 Å². The molecule has 0 unspecified atom stereocenters. The Morgan fingerprint density at radius 3 is 2.38 bits per heavy atom.